The molecule has 2 fully saturated rings. The van der Waals surface area contributed by atoms with Gasteiger partial charge in [0.25, 0.3) is 5.91 Å². The van der Waals surface area contributed by atoms with Crippen LogP contribution in [-0.4, -0.2) is 58.9 Å². The zero-order valence-electron chi connectivity index (χ0n) is 15.2. The van der Waals surface area contributed by atoms with Crippen molar-refractivity contribution in [3.8, 4) is 0 Å². The molecule has 0 spiro atoms. The standard InChI is InChI=1S/C19H24N4O4/c24-17(13-6-7-16-15(12-13)21-19(26)27-16)22-8-3-9-23(11-10-22)18(25)20-14-4-1-2-5-14/h6-7,12,14H,1-5,8-11H2,(H,20,25)(H,21,26). The molecule has 2 aromatic rings. The van der Waals surface area contributed by atoms with Gasteiger partial charge in [0.2, 0.25) is 0 Å². The topological polar surface area (TPSA) is 98.7 Å². The van der Waals surface area contributed by atoms with E-state index in [1.807, 2.05) is 4.90 Å². The Morgan fingerprint density at radius 2 is 1.78 bits per heavy atom. The minimum Gasteiger partial charge on any atom is -0.408 e. The number of fused-ring (bicyclic) bond motifs is 1. The molecule has 1 saturated carbocycles. The van der Waals surface area contributed by atoms with Gasteiger partial charge in [-0.2, -0.15) is 0 Å². The van der Waals surface area contributed by atoms with Crippen LogP contribution >= 0.6 is 0 Å². The molecule has 4 rings (SSSR count). The number of oxazole rings is 1. The van der Waals surface area contributed by atoms with Gasteiger partial charge in [0.15, 0.2) is 5.58 Å². The van der Waals surface area contributed by atoms with Gasteiger partial charge in [-0.15, -0.1) is 0 Å². The van der Waals surface area contributed by atoms with E-state index < -0.39 is 5.76 Å². The molecule has 2 N–H and O–H groups in total. The van der Waals surface area contributed by atoms with Gasteiger partial charge in [0.1, 0.15) is 0 Å². The normalized spacial score (nSPS) is 18.7. The molecule has 2 aliphatic rings. The quantitative estimate of drug-likeness (QED) is 0.841. The van der Waals surface area contributed by atoms with Crippen molar-refractivity contribution in [1.29, 1.82) is 0 Å². The maximum atomic E-state index is 12.8. The van der Waals surface area contributed by atoms with Gasteiger partial charge in [-0.05, 0) is 37.5 Å². The molecular weight excluding hydrogens is 348 g/mol. The largest absolute Gasteiger partial charge is 0.417 e. The summed E-state index contributed by atoms with van der Waals surface area (Å²) in [5, 5.41) is 3.11. The van der Waals surface area contributed by atoms with E-state index in [1.54, 1.807) is 23.1 Å². The van der Waals surface area contributed by atoms with Gasteiger partial charge in [-0.3, -0.25) is 9.78 Å². The van der Waals surface area contributed by atoms with Crippen LogP contribution in [0.25, 0.3) is 11.1 Å². The number of H-pyrrole nitrogens is 1. The van der Waals surface area contributed by atoms with Crippen LogP contribution in [0.5, 0.6) is 0 Å². The zero-order chi connectivity index (χ0) is 18.8. The van der Waals surface area contributed by atoms with Gasteiger partial charge < -0.3 is 19.5 Å². The number of hydrogen-bond donors (Lipinski definition) is 2. The van der Waals surface area contributed by atoms with Crippen LogP contribution in [0, 0.1) is 0 Å². The molecule has 0 atom stereocenters. The predicted octanol–water partition coefficient (Wildman–Crippen LogP) is 1.92. The molecule has 1 aliphatic carbocycles. The van der Waals surface area contributed by atoms with E-state index in [9.17, 15) is 14.4 Å². The number of rotatable bonds is 2. The summed E-state index contributed by atoms with van der Waals surface area (Å²) in [6.07, 6.45) is 5.22. The van der Waals surface area contributed by atoms with E-state index in [4.69, 9.17) is 4.42 Å². The Hall–Kier alpha value is -2.77. The molecule has 144 valence electrons. The van der Waals surface area contributed by atoms with Crippen molar-refractivity contribution in [2.75, 3.05) is 26.2 Å². The zero-order valence-corrected chi connectivity index (χ0v) is 15.2. The lowest BCUT2D eigenvalue weighted by atomic mass is 10.1. The number of nitrogens with zero attached hydrogens (tertiary/aromatic N) is 2. The highest BCUT2D eigenvalue weighted by Gasteiger charge is 2.25. The lowest BCUT2D eigenvalue weighted by Gasteiger charge is -2.24. The Morgan fingerprint density at radius 1 is 1.04 bits per heavy atom. The number of benzene rings is 1. The van der Waals surface area contributed by atoms with Crippen molar-refractivity contribution in [2.45, 2.75) is 38.1 Å². The molecule has 8 heteroatoms. The summed E-state index contributed by atoms with van der Waals surface area (Å²) in [7, 11) is 0. The fourth-order valence-electron chi connectivity index (χ4n) is 3.93. The Morgan fingerprint density at radius 3 is 2.59 bits per heavy atom. The van der Waals surface area contributed by atoms with Gasteiger partial charge in [-0.25, -0.2) is 9.59 Å². The van der Waals surface area contributed by atoms with Crippen LogP contribution in [0.2, 0.25) is 0 Å². The van der Waals surface area contributed by atoms with Gasteiger partial charge in [-0.1, -0.05) is 12.8 Å². The molecule has 0 unspecified atom stereocenters. The highest BCUT2D eigenvalue weighted by atomic mass is 16.4. The van der Waals surface area contributed by atoms with Gasteiger partial charge >= 0.3 is 11.8 Å². The fraction of sp³-hybridized carbons (Fsp3) is 0.526. The minimum atomic E-state index is -0.534. The average Bonchev–Trinajstić information content (AvgIpc) is 3.21. The van der Waals surface area contributed by atoms with E-state index in [-0.39, 0.29) is 11.9 Å². The average molecular weight is 372 g/mol. The van der Waals surface area contributed by atoms with E-state index in [2.05, 4.69) is 10.3 Å². The smallest absolute Gasteiger partial charge is 0.408 e. The van der Waals surface area contributed by atoms with Crippen molar-refractivity contribution in [1.82, 2.24) is 20.1 Å². The summed E-state index contributed by atoms with van der Waals surface area (Å²) in [5.74, 6) is -0.634. The van der Waals surface area contributed by atoms with Crippen LogP contribution in [0.15, 0.2) is 27.4 Å². The number of carbonyl (C=O) groups excluding carboxylic acids is 2. The molecular formula is C19H24N4O4. The highest BCUT2D eigenvalue weighted by molar-refractivity contribution is 5.97. The molecule has 27 heavy (non-hydrogen) atoms. The maximum absolute atomic E-state index is 12.8. The van der Waals surface area contributed by atoms with Crippen LogP contribution in [0.3, 0.4) is 0 Å². The lowest BCUT2D eigenvalue weighted by Crippen LogP contribution is -2.45. The molecule has 0 bridgehead atoms. The number of urea groups is 1. The summed E-state index contributed by atoms with van der Waals surface area (Å²) >= 11 is 0. The molecule has 1 saturated heterocycles. The summed E-state index contributed by atoms with van der Waals surface area (Å²) in [5.41, 5.74) is 1.45. The second-order valence-electron chi connectivity index (χ2n) is 7.29. The van der Waals surface area contributed by atoms with Crippen molar-refractivity contribution in [3.05, 3.63) is 34.3 Å². The third-order valence-electron chi connectivity index (χ3n) is 5.42. The van der Waals surface area contributed by atoms with Crippen molar-refractivity contribution < 1.29 is 14.0 Å². The summed E-state index contributed by atoms with van der Waals surface area (Å²) in [6.45, 7) is 2.27. The molecule has 3 amide bonds. The van der Waals surface area contributed by atoms with Crippen LogP contribution in [0.1, 0.15) is 42.5 Å². The number of carbonyl (C=O) groups is 2. The third kappa shape index (κ3) is 3.84. The molecule has 1 aliphatic heterocycles. The van der Waals surface area contributed by atoms with Crippen LogP contribution < -0.4 is 11.1 Å². The van der Waals surface area contributed by atoms with E-state index in [0.717, 1.165) is 19.3 Å². The Bertz CT molecular complexity index is 896. The predicted molar refractivity (Wildman–Crippen MR) is 99.7 cm³/mol. The maximum Gasteiger partial charge on any atom is 0.417 e. The second kappa shape index (κ2) is 7.46. The first kappa shape index (κ1) is 17.6. The van der Waals surface area contributed by atoms with E-state index in [1.165, 1.54) is 12.8 Å². The fourth-order valence-corrected chi connectivity index (χ4v) is 3.93. The summed E-state index contributed by atoms with van der Waals surface area (Å²) in [6, 6.07) is 5.20. The van der Waals surface area contributed by atoms with Gasteiger partial charge in [0, 0.05) is 37.8 Å². The monoisotopic (exact) mass is 372 g/mol. The first-order chi connectivity index (χ1) is 13.1. The molecule has 0 radical (unpaired) electrons. The number of hydrogen-bond acceptors (Lipinski definition) is 4. The molecule has 2 heterocycles. The SMILES string of the molecule is O=C(NC1CCCC1)N1CCCN(C(=O)c2ccc3oc(=O)[nH]c3c2)CC1. The third-order valence-corrected chi connectivity index (χ3v) is 5.42. The Balaban J connectivity index is 1.39. The van der Waals surface area contributed by atoms with Crippen molar-refractivity contribution in [3.63, 3.8) is 0 Å². The minimum absolute atomic E-state index is 0.0198. The summed E-state index contributed by atoms with van der Waals surface area (Å²) < 4.78 is 4.98. The number of aromatic nitrogens is 1. The van der Waals surface area contributed by atoms with Crippen molar-refractivity contribution in [2.24, 2.45) is 0 Å². The van der Waals surface area contributed by atoms with E-state index >= 15 is 0 Å². The van der Waals surface area contributed by atoms with Crippen LogP contribution in [0.4, 0.5) is 4.79 Å². The van der Waals surface area contributed by atoms with Crippen molar-refractivity contribution >= 4 is 23.0 Å². The number of amides is 3. The summed E-state index contributed by atoms with van der Waals surface area (Å²) in [4.78, 5) is 42.7. The first-order valence-electron chi connectivity index (χ1n) is 9.58. The molecule has 8 nitrogen and oxygen atoms in total. The second-order valence-corrected chi connectivity index (χ2v) is 7.29. The number of nitrogens with one attached hydrogen (secondary N) is 2. The number of aromatic amines is 1. The first-order valence-corrected chi connectivity index (χ1v) is 9.58. The van der Waals surface area contributed by atoms with Gasteiger partial charge in [0.05, 0.1) is 5.52 Å². The molecule has 1 aromatic carbocycles. The van der Waals surface area contributed by atoms with Crippen LogP contribution in [-0.2, 0) is 0 Å². The molecule has 1 aromatic heterocycles. The highest BCUT2D eigenvalue weighted by Crippen LogP contribution is 2.18. The Kier molecular flexibility index (Phi) is 4.87. The van der Waals surface area contributed by atoms with E-state index in [0.29, 0.717) is 48.9 Å². The lowest BCUT2D eigenvalue weighted by molar-refractivity contribution is 0.0762. The Labute approximate surface area is 156 Å².